The van der Waals surface area contributed by atoms with E-state index in [0.717, 1.165) is 0 Å². The van der Waals surface area contributed by atoms with E-state index in [1.165, 1.54) is 0 Å². The van der Waals surface area contributed by atoms with Crippen LogP contribution in [0.1, 0.15) is 0 Å². The summed E-state index contributed by atoms with van der Waals surface area (Å²) >= 11 is 0. The van der Waals surface area contributed by atoms with Gasteiger partial charge in [-0.15, -0.1) is 0 Å². The van der Waals surface area contributed by atoms with E-state index < -0.39 is 11.9 Å². The molecule has 36 valence electrons. The first-order valence-electron chi connectivity index (χ1n) is 1.07. The van der Waals surface area contributed by atoms with Gasteiger partial charge in [-0.1, -0.05) is 0 Å². The van der Waals surface area contributed by atoms with Crippen LogP contribution in [0.2, 0.25) is 0 Å². The molecule has 0 bridgehead atoms. The molecule has 0 heterocycles. The molecule has 0 rings (SSSR count). The van der Waals surface area contributed by atoms with Crippen LogP contribution in [0.25, 0.3) is 0 Å². The molecular formula is C2KO4Sb+2. The Morgan fingerprint density at radius 1 is 1.00 bits per heavy atom. The van der Waals surface area contributed by atoms with E-state index in [0.29, 0.717) is 0 Å². The SMILES string of the molecule is O=C([O-])C(=O)[O-].[K+].[Sb+3]. The Labute approximate surface area is 106 Å². The molecule has 6 heteroatoms. The molecule has 0 aromatic heterocycles. The maximum atomic E-state index is 8.93. The van der Waals surface area contributed by atoms with E-state index in [9.17, 15) is 0 Å². The molecule has 8 heavy (non-hydrogen) atoms. The van der Waals surface area contributed by atoms with Crippen molar-refractivity contribution in [1.29, 1.82) is 0 Å². The van der Waals surface area contributed by atoms with Gasteiger partial charge < -0.3 is 19.8 Å². The topological polar surface area (TPSA) is 80.3 Å². The number of carbonyl (C=O) groups excluding carboxylic acids is 2. The van der Waals surface area contributed by atoms with Gasteiger partial charge in [0.2, 0.25) is 0 Å². The molecule has 0 spiro atoms. The second-order valence-electron chi connectivity index (χ2n) is 0.575. The smallest absolute Gasteiger partial charge is 0.543 e. The van der Waals surface area contributed by atoms with Crippen LogP contribution in [0.4, 0.5) is 0 Å². The Bertz CT molecular complexity index is 80.0. The minimum Gasteiger partial charge on any atom is -0.543 e. The Kier molecular flexibility index (Phi) is 17.0. The number of aliphatic carboxylic acids is 2. The van der Waals surface area contributed by atoms with Gasteiger partial charge in [0.05, 0.1) is 11.9 Å². The first kappa shape index (κ1) is 16.2. The minimum absolute atomic E-state index is 0. The van der Waals surface area contributed by atoms with Gasteiger partial charge in [0, 0.05) is 0 Å². The molecule has 0 saturated carbocycles. The van der Waals surface area contributed by atoms with E-state index in [1.807, 2.05) is 0 Å². The van der Waals surface area contributed by atoms with Crippen molar-refractivity contribution in [2.24, 2.45) is 0 Å². The molecule has 0 aliphatic carbocycles. The van der Waals surface area contributed by atoms with Crippen molar-refractivity contribution in [3.05, 3.63) is 0 Å². The second-order valence-corrected chi connectivity index (χ2v) is 0.575. The Hall–Kier alpha value is 1.39. The average molecular weight is 249 g/mol. The zero-order valence-electron chi connectivity index (χ0n) is 4.08. The van der Waals surface area contributed by atoms with Crippen LogP contribution < -0.4 is 61.6 Å². The summed E-state index contributed by atoms with van der Waals surface area (Å²) in [5, 5.41) is 17.9. The van der Waals surface area contributed by atoms with Crippen LogP contribution in [0, 0.1) is 0 Å². The zero-order chi connectivity index (χ0) is 5.15. The number of carbonyl (C=O) groups is 2. The second kappa shape index (κ2) is 8.39. The molecule has 0 fully saturated rings. The summed E-state index contributed by atoms with van der Waals surface area (Å²) in [7, 11) is 0. The maximum absolute atomic E-state index is 8.93. The van der Waals surface area contributed by atoms with Gasteiger partial charge >= 0.3 is 75.8 Å². The Morgan fingerprint density at radius 2 is 1.12 bits per heavy atom. The van der Waals surface area contributed by atoms with Gasteiger partial charge in [-0.3, -0.25) is 0 Å². The largest absolute Gasteiger partial charge is 3.00 e. The summed E-state index contributed by atoms with van der Waals surface area (Å²) < 4.78 is 0. The van der Waals surface area contributed by atoms with Crippen molar-refractivity contribution in [3.8, 4) is 0 Å². The van der Waals surface area contributed by atoms with Crippen LogP contribution in [-0.2, 0) is 9.59 Å². The van der Waals surface area contributed by atoms with Crippen LogP contribution in [0.3, 0.4) is 0 Å². The van der Waals surface area contributed by atoms with Crippen LogP contribution in [0.5, 0.6) is 0 Å². The molecule has 2 radical (unpaired) electrons. The standard InChI is InChI=1S/C2H2O4.K.Sb/c3-1(4)2(5)6;;/h(H,3,4)(H,5,6);;/q;+1;+3/p-2. The number of hydrogen-bond donors (Lipinski definition) is 0. The van der Waals surface area contributed by atoms with Gasteiger partial charge in [0.1, 0.15) is 0 Å². The van der Waals surface area contributed by atoms with Crippen molar-refractivity contribution in [2.45, 2.75) is 0 Å². The van der Waals surface area contributed by atoms with Gasteiger partial charge in [-0.05, 0) is 0 Å². The molecule has 0 aliphatic rings. The normalized spacial score (nSPS) is 5.50. The predicted octanol–water partition coefficient (Wildman–Crippen LogP) is -6.89. The number of carboxylic acids is 2. The van der Waals surface area contributed by atoms with Crippen molar-refractivity contribution in [3.63, 3.8) is 0 Å². The molecule has 0 saturated heterocycles. The molecule has 4 nitrogen and oxygen atoms in total. The fourth-order valence-electron chi connectivity index (χ4n) is 0. The first-order chi connectivity index (χ1) is 2.64. The molecule has 0 aromatic rings. The van der Waals surface area contributed by atoms with E-state index in [1.54, 1.807) is 0 Å². The van der Waals surface area contributed by atoms with Crippen molar-refractivity contribution in [2.75, 3.05) is 0 Å². The zero-order valence-corrected chi connectivity index (χ0v) is 9.76. The Balaban J connectivity index is -0.000000125. The van der Waals surface area contributed by atoms with Crippen LogP contribution >= 0.6 is 0 Å². The minimum atomic E-state index is -2.19. The first-order valence-corrected chi connectivity index (χ1v) is 1.07. The molecule has 0 unspecified atom stereocenters. The summed E-state index contributed by atoms with van der Waals surface area (Å²) in [4.78, 5) is 17.9. The van der Waals surface area contributed by atoms with Gasteiger partial charge in [-0.2, -0.15) is 0 Å². The monoisotopic (exact) mass is 248 g/mol. The Morgan fingerprint density at radius 3 is 1.12 bits per heavy atom. The van der Waals surface area contributed by atoms with E-state index >= 15 is 0 Å². The molecule has 0 aromatic carbocycles. The molecule has 0 aliphatic heterocycles. The molecule has 0 amide bonds. The van der Waals surface area contributed by atoms with Crippen LogP contribution in [0.15, 0.2) is 0 Å². The van der Waals surface area contributed by atoms with Crippen molar-refractivity contribution < 1.29 is 71.2 Å². The summed E-state index contributed by atoms with van der Waals surface area (Å²) in [5.74, 6) is -4.37. The number of carboxylic acid groups (broad SMARTS) is 2. The average Bonchev–Trinajstić information content (AvgIpc) is 1.36. The third kappa shape index (κ3) is 10.4. The predicted molar refractivity (Wildman–Crippen MR) is 15.8 cm³/mol. The quantitative estimate of drug-likeness (QED) is 0.315. The molecule has 0 N–H and O–H groups in total. The number of rotatable bonds is 0. The fourth-order valence-corrected chi connectivity index (χ4v) is 0. The maximum Gasteiger partial charge on any atom is 3.00 e. The van der Waals surface area contributed by atoms with Gasteiger partial charge in [-0.25, -0.2) is 0 Å². The fraction of sp³-hybridized carbons (Fsp3) is 0. The van der Waals surface area contributed by atoms with Crippen molar-refractivity contribution in [1.82, 2.24) is 0 Å². The van der Waals surface area contributed by atoms with Gasteiger partial charge in [0.25, 0.3) is 0 Å². The summed E-state index contributed by atoms with van der Waals surface area (Å²) in [5.41, 5.74) is 0. The third-order valence-corrected chi connectivity index (χ3v) is 0.167. The van der Waals surface area contributed by atoms with Gasteiger partial charge in [0.15, 0.2) is 0 Å². The van der Waals surface area contributed by atoms with E-state index in [4.69, 9.17) is 19.8 Å². The summed E-state index contributed by atoms with van der Waals surface area (Å²) in [6, 6.07) is 0. The molecular weight excluding hydrogens is 249 g/mol. The van der Waals surface area contributed by atoms with E-state index in [-0.39, 0.29) is 75.8 Å². The van der Waals surface area contributed by atoms with Crippen molar-refractivity contribution >= 4 is 36.4 Å². The third-order valence-electron chi connectivity index (χ3n) is 0.167. The van der Waals surface area contributed by atoms with E-state index in [2.05, 4.69) is 0 Å². The summed E-state index contributed by atoms with van der Waals surface area (Å²) in [6.07, 6.45) is 0. The number of hydrogen-bond acceptors (Lipinski definition) is 4. The molecule has 0 atom stereocenters. The summed E-state index contributed by atoms with van der Waals surface area (Å²) in [6.45, 7) is 0. The van der Waals surface area contributed by atoms with Crippen LogP contribution in [-0.4, -0.2) is 36.4 Å².